The monoisotopic (exact) mass is 526 g/mol. The van der Waals surface area contributed by atoms with E-state index in [1.807, 2.05) is 11.0 Å². The number of ether oxygens (including phenoxy) is 1. The minimum absolute atomic E-state index is 0.0278. The molecule has 2 aromatic heterocycles. The van der Waals surface area contributed by atoms with Gasteiger partial charge in [0.1, 0.15) is 27.5 Å². The molecule has 9 nitrogen and oxygen atoms in total. The van der Waals surface area contributed by atoms with Crippen molar-refractivity contribution < 1.29 is 18.7 Å². The molecule has 0 unspecified atom stereocenters. The molecule has 2 fully saturated rings. The van der Waals surface area contributed by atoms with Crippen LogP contribution in [0.5, 0.6) is 0 Å². The Morgan fingerprint density at radius 2 is 2.08 bits per heavy atom. The van der Waals surface area contributed by atoms with Crippen LogP contribution >= 0.6 is 24.0 Å². The molecule has 0 spiro atoms. The van der Waals surface area contributed by atoms with Gasteiger partial charge < -0.3 is 14.1 Å². The second kappa shape index (κ2) is 10.7. The van der Waals surface area contributed by atoms with Crippen LogP contribution in [0.15, 0.2) is 32.5 Å². The zero-order valence-corrected chi connectivity index (χ0v) is 21.9. The number of thiocarbonyl (C=S) groups is 1. The van der Waals surface area contributed by atoms with Crippen LogP contribution in [0.1, 0.15) is 42.2 Å². The number of furan rings is 1. The van der Waals surface area contributed by atoms with E-state index in [1.54, 1.807) is 39.1 Å². The Balaban J connectivity index is 1.71. The van der Waals surface area contributed by atoms with Crippen LogP contribution in [-0.4, -0.2) is 45.4 Å². The van der Waals surface area contributed by atoms with Gasteiger partial charge in [-0.25, -0.2) is 0 Å². The Bertz CT molecular complexity index is 1330. The number of nitriles is 1. The number of anilines is 1. The van der Waals surface area contributed by atoms with Gasteiger partial charge in [-0.05, 0) is 50.5 Å². The largest absolute Gasteiger partial charge is 0.467 e. The van der Waals surface area contributed by atoms with Crippen molar-refractivity contribution in [2.45, 2.75) is 33.2 Å². The van der Waals surface area contributed by atoms with Gasteiger partial charge in [0.25, 0.3) is 11.5 Å². The average Bonchev–Trinajstić information content (AvgIpc) is 3.47. The molecule has 36 heavy (non-hydrogen) atoms. The van der Waals surface area contributed by atoms with Gasteiger partial charge in [-0.1, -0.05) is 24.0 Å². The number of nitrogens with zero attached hydrogens (tertiary/aromatic N) is 4. The van der Waals surface area contributed by atoms with Gasteiger partial charge in [-0.3, -0.25) is 23.9 Å². The quantitative estimate of drug-likeness (QED) is 0.318. The molecule has 0 N–H and O–H groups in total. The van der Waals surface area contributed by atoms with Gasteiger partial charge in [0, 0.05) is 25.7 Å². The smallest absolute Gasteiger partial charge is 0.309 e. The Kier molecular flexibility index (Phi) is 7.66. The van der Waals surface area contributed by atoms with E-state index in [0.29, 0.717) is 64.5 Å². The fourth-order valence-electron chi connectivity index (χ4n) is 4.51. The van der Waals surface area contributed by atoms with Crippen molar-refractivity contribution in [3.8, 4) is 6.07 Å². The standard InChI is InChI=1S/C25H26N4O5S2/c1-4-33-24(32)16-7-9-28(10-8-16)21-18(15(2)19(13-26)22(30)27(21)3)12-20-23(31)29(25(35)36-20)14-17-6-5-11-34-17/h5-6,11-12,16H,4,7-10,14H2,1-3H3. The maximum Gasteiger partial charge on any atom is 0.309 e. The Labute approximate surface area is 218 Å². The third-order valence-corrected chi connectivity index (χ3v) is 7.80. The molecule has 2 saturated heterocycles. The molecule has 0 atom stereocenters. The zero-order chi connectivity index (χ0) is 26.0. The first-order chi connectivity index (χ1) is 17.3. The van der Waals surface area contributed by atoms with Crippen LogP contribution < -0.4 is 10.5 Å². The number of pyridine rings is 1. The topological polar surface area (TPSA) is 109 Å². The summed E-state index contributed by atoms with van der Waals surface area (Å²) in [6, 6.07) is 5.53. The highest BCUT2D eigenvalue weighted by Gasteiger charge is 2.34. The summed E-state index contributed by atoms with van der Waals surface area (Å²) in [6.45, 7) is 5.12. The van der Waals surface area contributed by atoms with Crippen LogP contribution in [0, 0.1) is 24.2 Å². The molecule has 0 aliphatic carbocycles. The SMILES string of the molecule is CCOC(=O)C1CCN(c2c(C=C3SC(=S)N(Cc4ccco4)C3=O)c(C)c(C#N)c(=O)n2C)CC1. The number of thioether (sulfide) groups is 1. The number of aromatic nitrogens is 1. The number of rotatable bonds is 6. The van der Waals surface area contributed by atoms with Crippen LogP contribution in [0.2, 0.25) is 0 Å². The van der Waals surface area contributed by atoms with Crippen molar-refractivity contribution in [3.05, 3.63) is 56.1 Å². The predicted molar refractivity (Wildman–Crippen MR) is 140 cm³/mol. The summed E-state index contributed by atoms with van der Waals surface area (Å²) in [4.78, 5) is 42.3. The van der Waals surface area contributed by atoms with Crippen molar-refractivity contribution in [2.24, 2.45) is 13.0 Å². The Morgan fingerprint density at radius 3 is 2.69 bits per heavy atom. The van der Waals surface area contributed by atoms with E-state index in [-0.39, 0.29) is 29.9 Å². The van der Waals surface area contributed by atoms with Crippen molar-refractivity contribution in [1.29, 1.82) is 5.26 Å². The molecule has 0 aromatic carbocycles. The van der Waals surface area contributed by atoms with E-state index in [4.69, 9.17) is 21.4 Å². The van der Waals surface area contributed by atoms with Crippen LogP contribution in [0.25, 0.3) is 6.08 Å². The summed E-state index contributed by atoms with van der Waals surface area (Å²) < 4.78 is 12.4. The fraction of sp³-hybridized carbons (Fsp3) is 0.400. The third-order valence-electron chi connectivity index (χ3n) is 6.43. The molecule has 0 saturated carbocycles. The van der Waals surface area contributed by atoms with E-state index >= 15 is 0 Å². The van der Waals surface area contributed by atoms with Crippen molar-refractivity contribution in [3.63, 3.8) is 0 Å². The van der Waals surface area contributed by atoms with E-state index < -0.39 is 5.56 Å². The van der Waals surface area contributed by atoms with Gasteiger partial charge >= 0.3 is 5.97 Å². The summed E-state index contributed by atoms with van der Waals surface area (Å²) in [5, 5.41) is 9.68. The van der Waals surface area contributed by atoms with Crippen LogP contribution in [0.3, 0.4) is 0 Å². The first-order valence-corrected chi connectivity index (χ1v) is 12.8. The lowest BCUT2D eigenvalue weighted by Gasteiger charge is -2.35. The molecule has 1 amide bonds. The number of esters is 1. The molecule has 188 valence electrons. The summed E-state index contributed by atoms with van der Waals surface area (Å²) >= 11 is 6.63. The Morgan fingerprint density at radius 1 is 1.36 bits per heavy atom. The van der Waals surface area contributed by atoms with Gasteiger partial charge in [0.15, 0.2) is 0 Å². The van der Waals surface area contributed by atoms with E-state index in [9.17, 15) is 19.6 Å². The highest BCUT2D eigenvalue weighted by molar-refractivity contribution is 8.26. The number of amides is 1. The first kappa shape index (κ1) is 25.7. The van der Waals surface area contributed by atoms with Crippen LogP contribution in [-0.2, 0) is 27.9 Å². The predicted octanol–water partition coefficient (Wildman–Crippen LogP) is 3.34. The number of hydrogen-bond donors (Lipinski definition) is 0. The van der Waals surface area contributed by atoms with E-state index in [1.165, 1.54) is 27.5 Å². The number of carbonyl (C=O) groups excluding carboxylic acids is 2. The zero-order valence-electron chi connectivity index (χ0n) is 20.3. The molecule has 4 heterocycles. The second-order valence-corrected chi connectivity index (χ2v) is 10.2. The van der Waals surface area contributed by atoms with E-state index in [2.05, 4.69) is 0 Å². The molecule has 0 bridgehead atoms. The molecule has 2 aliphatic heterocycles. The third kappa shape index (κ3) is 4.83. The number of hydrogen-bond acceptors (Lipinski definition) is 9. The first-order valence-electron chi connectivity index (χ1n) is 11.6. The summed E-state index contributed by atoms with van der Waals surface area (Å²) in [7, 11) is 1.62. The molecular formula is C25H26N4O5S2. The maximum absolute atomic E-state index is 13.2. The highest BCUT2D eigenvalue weighted by atomic mass is 32.2. The average molecular weight is 527 g/mol. The summed E-state index contributed by atoms with van der Waals surface area (Å²) in [5.41, 5.74) is 0.737. The summed E-state index contributed by atoms with van der Waals surface area (Å²) in [5.74, 6) is 0.555. The van der Waals surface area contributed by atoms with Gasteiger partial charge in [0.2, 0.25) is 0 Å². The van der Waals surface area contributed by atoms with Crippen molar-refractivity contribution >= 4 is 52.1 Å². The lowest BCUT2D eigenvalue weighted by Crippen LogP contribution is -2.40. The fourth-order valence-corrected chi connectivity index (χ4v) is 5.74. The molecule has 2 aliphatic rings. The van der Waals surface area contributed by atoms with Crippen molar-refractivity contribution in [1.82, 2.24) is 9.47 Å². The maximum atomic E-state index is 13.2. The van der Waals surface area contributed by atoms with E-state index in [0.717, 1.165) is 0 Å². The molecule has 2 aromatic rings. The molecule has 11 heteroatoms. The van der Waals surface area contributed by atoms with Gasteiger partial charge in [0.05, 0.1) is 30.2 Å². The lowest BCUT2D eigenvalue weighted by molar-refractivity contribution is -0.148. The number of piperidine rings is 1. The van der Waals surface area contributed by atoms with Crippen molar-refractivity contribution in [2.75, 3.05) is 24.6 Å². The lowest BCUT2D eigenvalue weighted by atomic mass is 9.95. The highest BCUT2D eigenvalue weighted by Crippen LogP contribution is 2.37. The molecular weight excluding hydrogens is 500 g/mol. The minimum atomic E-state index is -0.403. The van der Waals surface area contributed by atoms with Gasteiger partial charge in [-0.2, -0.15) is 5.26 Å². The molecule has 0 radical (unpaired) electrons. The van der Waals surface area contributed by atoms with Gasteiger partial charge in [-0.15, -0.1) is 0 Å². The second-order valence-electron chi connectivity index (χ2n) is 8.57. The molecule has 4 rings (SSSR count). The minimum Gasteiger partial charge on any atom is -0.467 e. The number of carbonyl (C=O) groups is 2. The Hall–Kier alpha value is -3.36. The normalized spacial score (nSPS) is 17.7. The van der Waals surface area contributed by atoms with Crippen LogP contribution in [0.4, 0.5) is 5.82 Å². The summed E-state index contributed by atoms with van der Waals surface area (Å²) in [6.07, 6.45) is 4.41.